The first-order chi connectivity index (χ1) is 8.51. The number of hydrogen-bond acceptors (Lipinski definition) is 2. The van der Waals surface area contributed by atoms with E-state index in [2.05, 4.69) is 31.2 Å². The molecular formula is C16H18O2. The number of carbonyl (C=O) groups excluding carboxylic acids is 1. The van der Waals surface area contributed by atoms with Gasteiger partial charge in [0.15, 0.2) is 5.78 Å². The SMILES string of the molecule is COC1(c2ccc(C)cc2)C=CC(=O)C(C)=C1C. The van der Waals surface area contributed by atoms with Crippen molar-refractivity contribution in [1.82, 2.24) is 0 Å². The van der Waals surface area contributed by atoms with Crippen LogP contribution in [0.5, 0.6) is 0 Å². The highest BCUT2D eigenvalue weighted by atomic mass is 16.5. The first kappa shape index (κ1) is 12.8. The molecule has 0 heterocycles. The second-order valence-corrected chi connectivity index (χ2v) is 4.75. The number of aryl methyl sites for hydroxylation is 1. The van der Waals surface area contributed by atoms with Crippen LogP contribution in [-0.4, -0.2) is 12.9 Å². The van der Waals surface area contributed by atoms with Crippen molar-refractivity contribution in [2.75, 3.05) is 7.11 Å². The van der Waals surface area contributed by atoms with Gasteiger partial charge in [0.05, 0.1) is 0 Å². The number of ether oxygens (including phenoxy) is 1. The van der Waals surface area contributed by atoms with Crippen LogP contribution in [0.15, 0.2) is 47.6 Å². The van der Waals surface area contributed by atoms with E-state index in [1.807, 2.05) is 19.9 Å². The molecule has 0 bridgehead atoms. The van der Waals surface area contributed by atoms with Crippen molar-refractivity contribution in [2.24, 2.45) is 0 Å². The minimum atomic E-state index is -0.605. The van der Waals surface area contributed by atoms with E-state index >= 15 is 0 Å². The average molecular weight is 242 g/mol. The molecule has 1 aromatic rings. The van der Waals surface area contributed by atoms with Crippen molar-refractivity contribution < 1.29 is 9.53 Å². The van der Waals surface area contributed by atoms with Crippen molar-refractivity contribution in [3.05, 3.63) is 58.7 Å². The van der Waals surface area contributed by atoms with Crippen molar-refractivity contribution in [1.29, 1.82) is 0 Å². The Morgan fingerprint density at radius 1 is 1.06 bits per heavy atom. The summed E-state index contributed by atoms with van der Waals surface area (Å²) in [5.74, 6) is 0.0623. The molecule has 0 spiro atoms. The summed E-state index contributed by atoms with van der Waals surface area (Å²) in [6.45, 7) is 5.86. The molecule has 0 aromatic heterocycles. The van der Waals surface area contributed by atoms with E-state index in [0.29, 0.717) is 0 Å². The summed E-state index contributed by atoms with van der Waals surface area (Å²) in [7, 11) is 1.68. The molecule has 2 rings (SSSR count). The van der Waals surface area contributed by atoms with E-state index in [0.717, 1.165) is 16.7 Å². The molecule has 0 saturated carbocycles. The molecule has 0 saturated heterocycles. The monoisotopic (exact) mass is 242 g/mol. The highest BCUT2D eigenvalue weighted by Crippen LogP contribution is 2.39. The Morgan fingerprint density at radius 2 is 1.67 bits per heavy atom. The van der Waals surface area contributed by atoms with Gasteiger partial charge in [-0.15, -0.1) is 0 Å². The quantitative estimate of drug-likeness (QED) is 0.795. The van der Waals surface area contributed by atoms with Gasteiger partial charge in [0, 0.05) is 7.11 Å². The topological polar surface area (TPSA) is 26.3 Å². The second-order valence-electron chi connectivity index (χ2n) is 4.75. The summed E-state index contributed by atoms with van der Waals surface area (Å²) in [5.41, 5.74) is 3.38. The van der Waals surface area contributed by atoms with Gasteiger partial charge in [-0.25, -0.2) is 0 Å². The van der Waals surface area contributed by atoms with Crippen molar-refractivity contribution in [2.45, 2.75) is 26.4 Å². The molecule has 2 heteroatoms. The molecule has 2 nitrogen and oxygen atoms in total. The van der Waals surface area contributed by atoms with Crippen LogP contribution in [0.2, 0.25) is 0 Å². The number of benzene rings is 1. The lowest BCUT2D eigenvalue weighted by molar-refractivity contribution is -0.111. The van der Waals surface area contributed by atoms with E-state index in [9.17, 15) is 4.79 Å². The Bertz CT molecular complexity index is 535. The fourth-order valence-electron chi connectivity index (χ4n) is 2.36. The van der Waals surface area contributed by atoms with Gasteiger partial charge in [-0.3, -0.25) is 4.79 Å². The van der Waals surface area contributed by atoms with Crippen molar-refractivity contribution in [3.8, 4) is 0 Å². The Labute approximate surface area is 108 Å². The zero-order valence-electron chi connectivity index (χ0n) is 11.3. The van der Waals surface area contributed by atoms with Gasteiger partial charge in [0.25, 0.3) is 0 Å². The fraction of sp³-hybridized carbons (Fsp3) is 0.312. The minimum Gasteiger partial charge on any atom is -0.365 e. The van der Waals surface area contributed by atoms with Gasteiger partial charge in [-0.2, -0.15) is 0 Å². The van der Waals surface area contributed by atoms with Crippen LogP contribution in [0.3, 0.4) is 0 Å². The molecular weight excluding hydrogens is 224 g/mol. The summed E-state index contributed by atoms with van der Waals surface area (Å²) in [5, 5.41) is 0. The van der Waals surface area contributed by atoms with Crippen LogP contribution in [0.1, 0.15) is 25.0 Å². The van der Waals surface area contributed by atoms with Crippen LogP contribution in [0, 0.1) is 6.92 Å². The predicted octanol–water partition coefficient (Wildman–Crippen LogP) is 3.31. The lowest BCUT2D eigenvalue weighted by Gasteiger charge is -2.34. The number of rotatable bonds is 2. The molecule has 0 fully saturated rings. The van der Waals surface area contributed by atoms with Crippen LogP contribution in [-0.2, 0) is 15.1 Å². The molecule has 1 aliphatic carbocycles. The summed E-state index contributed by atoms with van der Waals surface area (Å²) >= 11 is 0. The van der Waals surface area contributed by atoms with Gasteiger partial charge in [-0.1, -0.05) is 29.8 Å². The average Bonchev–Trinajstić information content (AvgIpc) is 2.38. The molecule has 94 valence electrons. The molecule has 18 heavy (non-hydrogen) atoms. The maximum absolute atomic E-state index is 11.7. The van der Waals surface area contributed by atoms with Gasteiger partial charge >= 0.3 is 0 Å². The standard InChI is InChI=1S/C16H18O2/c1-11-5-7-14(8-6-11)16(18-4)10-9-15(17)12(2)13(16)3/h5-10H,1-4H3. The Kier molecular flexibility index (Phi) is 3.22. The zero-order valence-corrected chi connectivity index (χ0v) is 11.3. The van der Waals surface area contributed by atoms with Gasteiger partial charge in [0.1, 0.15) is 5.60 Å². The van der Waals surface area contributed by atoms with E-state index in [-0.39, 0.29) is 5.78 Å². The maximum Gasteiger partial charge on any atom is 0.181 e. The Balaban J connectivity index is 2.59. The Hall–Kier alpha value is -1.67. The van der Waals surface area contributed by atoms with E-state index in [4.69, 9.17) is 4.74 Å². The first-order valence-corrected chi connectivity index (χ1v) is 6.05. The molecule has 0 N–H and O–H groups in total. The number of allylic oxidation sites excluding steroid dienone is 2. The second kappa shape index (κ2) is 4.54. The Morgan fingerprint density at radius 3 is 2.22 bits per heavy atom. The summed E-state index contributed by atoms with van der Waals surface area (Å²) in [6, 6.07) is 8.22. The number of carbonyl (C=O) groups is 1. The number of ketones is 1. The van der Waals surface area contributed by atoms with Gasteiger partial charge < -0.3 is 4.74 Å². The van der Waals surface area contributed by atoms with Crippen LogP contribution < -0.4 is 0 Å². The third-order valence-electron chi connectivity index (χ3n) is 3.76. The number of hydrogen-bond donors (Lipinski definition) is 0. The van der Waals surface area contributed by atoms with Crippen LogP contribution >= 0.6 is 0 Å². The molecule has 1 unspecified atom stereocenters. The minimum absolute atomic E-state index is 0.0623. The molecule has 0 radical (unpaired) electrons. The molecule has 1 aliphatic rings. The third kappa shape index (κ3) is 1.83. The predicted molar refractivity (Wildman–Crippen MR) is 72.4 cm³/mol. The lowest BCUT2D eigenvalue weighted by Crippen LogP contribution is -2.32. The number of methoxy groups -OCH3 is 1. The van der Waals surface area contributed by atoms with Crippen LogP contribution in [0.4, 0.5) is 0 Å². The summed E-state index contributed by atoms with van der Waals surface area (Å²) in [6.07, 6.45) is 3.45. The molecule has 1 atom stereocenters. The van der Waals surface area contributed by atoms with E-state index in [1.54, 1.807) is 13.2 Å². The van der Waals surface area contributed by atoms with E-state index < -0.39 is 5.60 Å². The highest BCUT2D eigenvalue weighted by Gasteiger charge is 2.36. The fourth-order valence-corrected chi connectivity index (χ4v) is 2.36. The largest absolute Gasteiger partial charge is 0.365 e. The van der Waals surface area contributed by atoms with Crippen molar-refractivity contribution >= 4 is 5.78 Å². The van der Waals surface area contributed by atoms with Crippen molar-refractivity contribution in [3.63, 3.8) is 0 Å². The highest BCUT2D eigenvalue weighted by molar-refractivity contribution is 6.05. The van der Waals surface area contributed by atoms with Gasteiger partial charge in [0.2, 0.25) is 0 Å². The van der Waals surface area contributed by atoms with E-state index in [1.165, 1.54) is 5.56 Å². The lowest BCUT2D eigenvalue weighted by atomic mass is 9.79. The first-order valence-electron chi connectivity index (χ1n) is 6.05. The third-order valence-corrected chi connectivity index (χ3v) is 3.76. The van der Waals surface area contributed by atoms with Crippen LogP contribution in [0.25, 0.3) is 0 Å². The molecule has 0 aliphatic heterocycles. The molecule has 0 amide bonds. The zero-order chi connectivity index (χ0) is 13.3. The maximum atomic E-state index is 11.7. The normalized spacial score (nSPS) is 23.7. The summed E-state index contributed by atoms with van der Waals surface area (Å²) in [4.78, 5) is 11.7. The molecule has 1 aromatic carbocycles. The smallest absolute Gasteiger partial charge is 0.181 e. The van der Waals surface area contributed by atoms with Gasteiger partial charge in [-0.05, 0) is 49.6 Å². The summed E-state index contributed by atoms with van der Waals surface area (Å²) < 4.78 is 5.74.